The first-order valence-electron chi connectivity index (χ1n) is 6.73. The van der Waals surface area contributed by atoms with Crippen molar-refractivity contribution in [1.29, 1.82) is 0 Å². The second-order valence-electron chi connectivity index (χ2n) is 4.60. The van der Waals surface area contributed by atoms with Crippen LogP contribution < -0.4 is 10.6 Å². The summed E-state index contributed by atoms with van der Waals surface area (Å²) in [7, 11) is 0. The van der Waals surface area contributed by atoms with Gasteiger partial charge >= 0.3 is 0 Å². The van der Waals surface area contributed by atoms with E-state index in [-0.39, 0.29) is 17.1 Å². The van der Waals surface area contributed by atoms with Crippen molar-refractivity contribution in [1.82, 2.24) is 5.32 Å². The van der Waals surface area contributed by atoms with Gasteiger partial charge in [0, 0.05) is 12.2 Å². The summed E-state index contributed by atoms with van der Waals surface area (Å²) in [5.41, 5.74) is 1.58. The summed E-state index contributed by atoms with van der Waals surface area (Å²) in [6.45, 7) is 3.70. The zero-order chi connectivity index (χ0) is 15.2. The molecule has 2 aromatic carbocycles. The monoisotopic (exact) mass is 286 g/mol. The molecule has 2 rings (SSSR count). The van der Waals surface area contributed by atoms with Gasteiger partial charge in [0.15, 0.2) is 0 Å². The van der Waals surface area contributed by atoms with Crippen molar-refractivity contribution in [2.75, 3.05) is 11.9 Å². The maximum absolute atomic E-state index is 12.1. The van der Waals surface area contributed by atoms with Gasteiger partial charge in [-0.25, -0.2) is 0 Å². The summed E-state index contributed by atoms with van der Waals surface area (Å²) in [4.78, 5) is 12.1. The van der Waals surface area contributed by atoms with Crippen molar-refractivity contribution < 1.29 is 15.0 Å². The van der Waals surface area contributed by atoms with Crippen LogP contribution in [0.1, 0.15) is 22.8 Å². The van der Waals surface area contributed by atoms with Crippen LogP contribution in [0.25, 0.3) is 0 Å². The minimum absolute atomic E-state index is 0.130. The Bertz CT molecular complexity index is 604. The first-order chi connectivity index (χ1) is 10.1. The van der Waals surface area contributed by atoms with E-state index in [0.29, 0.717) is 5.69 Å². The van der Waals surface area contributed by atoms with Crippen LogP contribution in [-0.4, -0.2) is 22.7 Å². The molecule has 0 heterocycles. The Hall–Kier alpha value is -2.53. The van der Waals surface area contributed by atoms with E-state index in [1.807, 2.05) is 19.1 Å². The van der Waals surface area contributed by atoms with Gasteiger partial charge in [0.2, 0.25) is 0 Å². The molecular weight excluding hydrogens is 268 g/mol. The first-order valence-corrected chi connectivity index (χ1v) is 6.73. The third kappa shape index (κ3) is 3.73. The summed E-state index contributed by atoms with van der Waals surface area (Å²) in [6.07, 6.45) is 0. The molecule has 0 spiro atoms. The van der Waals surface area contributed by atoms with Crippen molar-refractivity contribution in [2.45, 2.75) is 13.5 Å². The normalized spacial score (nSPS) is 10.3. The lowest BCUT2D eigenvalue weighted by molar-refractivity contribution is 0.102. The van der Waals surface area contributed by atoms with Gasteiger partial charge in [0.25, 0.3) is 5.91 Å². The van der Waals surface area contributed by atoms with Crippen molar-refractivity contribution in [3.8, 4) is 11.5 Å². The number of nitrogens with one attached hydrogen (secondary N) is 2. The summed E-state index contributed by atoms with van der Waals surface area (Å²) in [6, 6.07) is 11.6. The Morgan fingerprint density at radius 2 is 1.67 bits per heavy atom. The van der Waals surface area contributed by atoms with Crippen molar-refractivity contribution >= 4 is 11.6 Å². The quantitative estimate of drug-likeness (QED) is 0.680. The van der Waals surface area contributed by atoms with Gasteiger partial charge in [-0.15, -0.1) is 0 Å². The topological polar surface area (TPSA) is 81.6 Å². The van der Waals surface area contributed by atoms with E-state index < -0.39 is 5.91 Å². The number of phenols is 2. The maximum atomic E-state index is 12.1. The lowest BCUT2D eigenvalue weighted by Gasteiger charge is -2.09. The summed E-state index contributed by atoms with van der Waals surface area (Å²) >= 11 is 0. The second-order valence-corrected chi connectivity index (χ2v) is 4.60. The third-order valence-corrected chi connectivity index (χ3v) is 3.04. The lowest BCUT2D eigenvalue weighted by Crippen LogP contribution is -2.13. The number of anilines is 1. The number of carbonyl (C=O) groups is 1. The smallest absolute Gasteiger partial charge is 0.263 e. The Kier molecular flexibility index (Phi) is 4.79. The molecule has 0 unspecified atom stereocenters. The standard InChI is InChI=1S/C16H18N2O3/c1-2-17-10-11-6-8-12(9-7-11)18-16(21)15-13(19)4-3-5-14(15)20/h3-9,17,19-20H,2,10H2,1H3,(H,18,21). The molecule has 0 aliphatic rings. The van der Waals surface area contributed by atoms with E-state index in [0.717, 1.165) is 18.7 Å². The fourth-order valence-electron chi connectivity index (χ4n) is 1.93. The highest BCUT2D eigenvalue weighted by atomic mass is 16.3. The molecule has 21 heavy (non-hydrogen) atoms. The summed E-state index contributed by atoms with van der Waals surface area (Å²) in [5, 5.41) is 25.2. The van der Waals surface area contributed by atoms with Crippen LogP contribution in [0.5, 0.6) is 11.5 Å². The Morgan fingerprint density at radius 1 is 1.05 bits per heavy atom. The molecule has 0 saturated carbocycles. The van der Waals surface area contributed by atoms with Crippen LogP contribution in [0.3, 0.4) is 0 Å². The Labute approximate surface area is 123 Å². The fourth-order valence-corrected chi connectivity index (χ4v) is 1.93. The van der Waals surface area contributed by atoms with E-state index in [9.17, 15) is 15.0 Å². The Balaban J connectivity index is 2.09. The predicted octanol–water partition coefficient (Wildman–Crippen LogP) is 2.46. The van der Waals surface area contributed by atoms with E-state index >= 15 is 0 Å². The number of benzene rings is 2. The number of hydrogen-bond donors (Lipinski definition) is 4. The SMILES string of the molecule is CCNCc1ccc(NC(=O)c2c(O)cccc2O)cc1. The predicted molar refractivity (Wildman–Crippen MR) is 81.5 cm³/mol. The van der Waals surface area contributed by atoms with Gasteiger partial charge in [0.05, 0.1) is 0 Å². The minimum Gasteiger partial charge on any atom is -0.507 e. The van der Waals surface area contributed by atoms with E-state index in [4.69, 9.17) is 0 Å². The molecule has 0 bridgehead atoms. The molecule has 0 aliphatic heterocycles. The molecule has 0 fully saturated rings. The molecule has 0 atom stereocenters. The second kappa shape index (κ2) is 6.76. The molecule has 5 nitrogen and oxygen atoms in total. The van der Waals surface area contributed by atoms with Gasteiger partial charge in [-0.2, -0.15) is 0 Å². The molecule has 0 aliphatic carbocycles. The lowest BCUT2D eigenvalue weighted by atomic mass is 10.1. The average Bonchev–Trinajstić information content (AvgIpc) is 2.46. The molecular formula is C16H18N2O3. The van der Waals surface area contributed by atoms with Crippen LogP contribution in [-0.2, 0) is 6.54 Å². The van der Waals surface area contributed by atoms with E-state index in [1.165, 1.54) is 18.2 Å². The molecule has 110 valence electrons. The van der Waals surface area contributed by atoms with Crippen molar-refractivity contribution in [3.63, 3.8) is 0 Å². The number of amides is 1. The van der Waals surface area contributed by atoms with Crippen LogP contribution in [0, 0.1) is 0 Å². The third-order valence-electron chi connectivity index (χ3n) is 3.04. The van der Waals surface area contributed by atoms with Gasteiger partial charge in [-0.1, -0.05) is 25.1 Å². The molecule has 4 N–H and O–H groups in total. The number of rotatable bonds is 5. The highest BCUT2D eigenvalue weighted by Gasteiger charge is 2.15. The highest BCUT2D eigenvalue weighted by Crippen LogP contribution is 2.27. The molecule has 5 heteroatoms. The molecule has 0 saturated heterocycles. The van der Waals surface area contributed by atoms with Crippen LogP contribution >= 0.6 is 0 Å². The molecule has 0 aromatic heterocycles. The summed E-state index contributed by atoms with van der Waals surface area (Å²) < 4.78 is 0. The number of carbonyl (C=O) groups excluding carboxylic acids is 1. The average molecular weight is 286 g/mol. The van der Waals surface area contributed by atoms with E-state index in [1.54, 1.807) is 12.1 Å². The highest BCUT2D eigenvalue weighted by molar-refractivity contribution is 6.08. The van der Waals surface area contributed by atoms with Crippen LogP contribution in [0.15, 0.2) is 42.5 Å². The number of aromatic hydroxyl groups is 2. The van der Waals surface area contributed by atoms with Crippen LogP contribution in [0.2, 0.25) is 0 Å². The van der Waals surface area contributed by atoms with Gasteiger partial charge < -0.3 is 20.8 Å². The first kappa shape index (κ1) is 14.9. The van der Waals surface area contributed by atoms with Gasteiger partial charge in [0.1, 0.15) is 17.1 Å². The molecule has 0 radical (unpaired) electrons. The maximum Gasteiger partial charge on any atom is 0.263 e. The van der Waals surface area contributed by atoms with Crippen molar-refractivity contribution in [2.24, 2.45) is 0 Å². The van der Waals surface area contributed by atoms with Crippen LogP contribution in [0.4, 0.5) is 5.69 Å². The molecule has 1 amide bonds. The number of hydrogen-bond acceptors (Lipinski definition) is 4. The fraction of sp³-hybridized carbons (Fsp3) is 0.188. The minimum atomic E-state index is -0.551. The van der Waals surface area contributed by atoms with Gasteiger partial charge in [-0.3, -0.25) is 4.79 Å². The van der Waals surface area contributed by atoms with Gasteiger partial charge in [-0.05, 0) is 36.4 Å². The zero-order valence-electron chi connectivity index (χ0n) is 11.8. The largest absolute Gasteiger partial charge is 0.507 e. The van der Waals surface area contributed by atoms with Crippen molar-refractivity contribution in [3.05, 3.63) is 53.6 Å². The molecule has 2 aromatic rings. The van der Waals surface area contributed by atoms with E-state index in [2.05, 4.69) is 10.6 Å². The number of phenolic OH excluding ortho intramolecular Hbond substituents is 2. The summed E-state index contributed by atoms with van der Waals surface area (Å²) in [5.74, 6) is -1.06. The zero-order valence-corrected chi connectivity index (χ0v) is 11.8. The Morgan fingerprint density at radius 3 is 2.24 bits per heavy atom.